The number of carbonyl (C=O) groups excluding carboxylic acids is 2. The van der Waals surface area contributed by atoms with Gasteiger partial charge in [0.1, 0.15) is 13.2 Å². The number of hydrogen-bond acceptors (Lipinski definition) is 5. The number of methoxy groups -OCH3 is 1. The van der Waals surface area contributed by atoms with Gasteiger partial charge < -0.3 is 19.5 Å². The molecule has 0 atom stereocenters. The van der Waals surface area contributed by atoms with Crippen LogP contribution < -0.4 is 5.32 Å². The zero-order chi connectivity index (χ0) is 19.3. The van der Waals surface area contributed by atoms with E-state index in [2.05, 4.69) is 12.2 Å². The van der Waals surface area contributed by atoms with E-state index < -0.39 is 12.1 Å². The maximum atomic E-state index is 11.5. The highest BCUT2D eigenvalue weighted by molar-refractivity contribution is 5.77. The fourth-order valence-electron chi connectivity index (χ4n) is 2.59. The van der Waals surface area contributed by atoms with Crippen molar-refractivity contribution in [3.8, 4) is 0 Å². The highest BCUT2D eigenvalue weighted by Crippen LogP contribution is 2.11. The molecule has 0 radical (unpaired) electrons. The van der Waals surface area contributed by atoms with Crippen LogP contribution in [-0.2, 0) is 19.0 Å². The van der Waals surface area contributed by atoms with Crippen molar-refractivity contribution in [2.24, 2.45) is 0 Å². The molecule has 0 bridgehead atoms. The van der Waals surface area contributed by atoms with Crippen LogP contribution in [0.4, 0.5) is 4.79 Å². The molecule has 26 heavy (non-hydrogen) atoms. The summed E-state index contributed by atoms with van der Waals surface area (Å²) in [6, 6.07) is 0. The lowest BCUT2D eigenvalue weighted by atomic mass is 10.1. The molecular weight excluding hydrogens is 334 g/mol. The first-order valence-electron chi connectivity index (χ1n) is 10.3. The Morgan fingerprint density at radius 3 is 1.77 bits per heavy atom. The normalized spacial score (nSPS) is 10.5. The number of esters is 1. The van der Waals surface area contributed by atoms with E-state index in [-0.39, 0.29) is 13.2 Å². The minimum Gasteiger partial charge on any atom is -0.464 e. The van der Waals surface area contributed by atoms with Crippen molar-refractivity contribution in [1.82, 2.24) is 5.32 Å². The van der Waals surface area contributed by atoms with Crippen molar-refractivity contribution >= 4 is 12.1 Å². The molecule has 0 fully saturated rings. The molecule has 0 aromatic rings. The van der Waals surface area contributed by atoms with Crippen LogP contribution in [0.3, 0.4) is 0 Å². The maximum absolute atomic E-state index is 11.5. The Kier molecular flexibility index (Phi) is 19.0. The molecular formula is C20H39NO5. The number of alkyl carbamates (subject to hydrolysis) is 1. The summed E-state index contributed by atoms with van der Waals surface area (Å²) in [4.78, 5) is 22.7. The summed E-state index contributed by atoms with van der Waals surface area (Å²) in [5.41, 5.74) is 0. The third-order valence-electron chi connectivity index (χ3n) is 4.16. The monoisotopic (exact) mass is 373 g/mol. The van der Waals surface area contributed by atoms with E-state index >= 15 is 0 Å². The first-order chi connectivity index (χ1) is 12.7. The smallest absolute Gasteiger partial charge is 0.407 e. The van der Waals surface area contributed by atoms with Gasteiger partial charge in [-0.25, -0.2) is 4.79 Å². The molecule has 6 heteroatoms. The minimum atomic E-state index is -0.635. The summed E-state index contributed by atoms with van der Waals surface area (Å²) in [6.45, 7) is 2.99. The highest BCUT2D eigenvalue weighted by atomic mass is 16.6. The van der Waals surface area contributed by atoms with Crippen LogP contribution in [0, 0.1) is 0 Å². The van der Waals surface area contributed by atoms with Gasteiger partial charge in [0, 0.05) is 7.11 Å². The number of carbonyl (C=O) groups is 2. The number of hydrogen-bond donors (Lipinski definition) is 1. The molecule has 0 aliphatic carbocycles. The van der Waals surface area contributed by atoms with E-state index in [0.717, 1.165) is 12.8 Å². The van der Waals surface area contributed by atoms with Crippen LogP contribution >= 0.6 is 0 Å². The Bertz CT molecular complexity index is 336. The molecule has 0 heterocycles. The molecule has 0 aromatic carbocycles. The van der Waals surface area contributed by atoms with Gasteiger partial charge in [0.05, 0.1) is 13.2 Å². The fraction of sp³-hybridized carbons (Fsp3) is 0.900. The Hall–Kier alpha value is -1.30. The summed E-state index contributed by atoms with van der Waals surface area (Å²) in [5, 5.41) is 2.35. The Balaban J connectivity index is 3.24. The van der Waals surface area contributed by atoms with E-state index in [1.807, 2.05) is 0 Å². The first-order valence-corrected chi connectivity index (χ1v) is 10.3. The lowest BCUT2D eigenvalue weighted by Gasteiger charge is -2.07. The molecule has 0 aromatic heterocycles. The summed E-state index contributed by atoms with van der Waals surface area (Å²) >= 11 is 0. The number of unbranched alkanes of at least 4 members (excludes halogenated alkanes) is 11. The molecule has 6 nitrogen and oxygen atoms in total. The van der Waals surface area contributed by atoms with Crippen LogP contribution in [0.2, 0.25) is 0 Å². The van der Waals surface area contributed by atoms with Crippen molar-refractivity contribution in [3.63, 3.8) is 0 Å². The molecule has 0 spiro atoms. The van der Waals surface area contributed by atoms with Crippen molar-refractivity contribution in [3.05, 3.63) is 0 Å². The summed E-state index contributed by atoms with van der Waals surface area (Å²) in [7, 11) is 1.52. The van der Waals surface area contributed by atoms with Gasteiger partial charge in [0.15, 0.2) is 0 Å². The van der Waals surface area contributed by atoms with E-state index in [0.29, 0.717) is 13.2 Å². The molecule has 0 saturated carbocycles. The average molecular weight is 374 g/mol. The SMILES string of the molecule is CCCCCCCCCCCCCCOC(=O)CNC(=O)OCCOC. The lowest BCUT2D eigenvalue weighted by molar-refractivity contribution is -0.142. The number of amides is 1. The van der Waals surface area contributed by atoms with Gasteiger partial charge in [-0.1, -0.05) is 77.6 Å². The second-order valence-electron chi connectivity index (χ2n) is 6.59. The third kappa shape index (κ3) is 19.0. The lowest BCUT2D eigenvalue weighted by Crippen LogP contribution is -2.31. The topological polar surface area (TPSA) is 73.9 Å². The number of nitrogens with one attached hydrogen (secondary N) is 1. The van der Waals surface area contributed by atoms with Crippen molar-refractivity contribution in [1.29, 1.82) is 0 Å². The molecule has 0 aliphatic rings. The van der Waals surface area contributed by atoms with Crippen LogP contribution in [0.15, 0.2) is 0 Å². The largest absolute Gasteiger partial charge is 0.464 e. The second kappa shape index (κ2) is 20.0. The number of rotatable bonds is 18. The van der Waals surface area contributed by atoms with Crippen molar-refractivity contribution in [2.75, 3.05) is 33.5 Å². The van der Waals surface area contributed by atoms with Gasteiger partial charge in [0.2, 0.25) is 0 Å². The third-order valence-corrected chi connectivity index (χ3v) is 4.16. The molecule has 0 unspecified atom stereocenters. The first kappa shape index (κ1) is 24.7. The standard InChI is InChI=1S/C20H39NO5/c1-3-4-5-6-7-8-9-10-11-12-13-14-15-25-19(22)18-21-20(23)26-17-16-24-2/h3-18H2,1-2H3,(H,21,23). The maximum Gasteiger partial charge on any atom is 0.407 e. The molecule has 0 rings (SSSR count). The van der Waals surface area contributed by atoms with Gasteiger partial charge in [0.25, 0.3) is 0 Å². The van der Waals surface area contributed by atoms with Crippen LogP contribution in [0.5, 0.6) is 0 Å². The quantitative estimate of drug-likeness (QED) is 0.281. The minimum absolute atomic E-state index is 0.163. The Morgan fingerprint density at radius 1 is 0.692 bits per heavy atom. The highest BCUT2D eigenvalue weighted by Gasteiger charge is 2.06. The van der Waals surface area contributed by atoms with Gasteiger partial charge in [-0.05, 0) is 6.42 Å². The summed E-state index contributed by atoms with van der Waals surface area (Å²) in [5.74, 6) is -0.434. The van der Waals surface area contributed by atoms with Gasteiger partial charge in [-0.15, -0.1) is 0 Å². The van der Waals surface area contributed by atoms with Crippen LogP contribution in [-0.4, -0.2) is 45.5 Å². The van der Waals surface area contributed by atoms with Crippen molar-refractivity contribution < 1.29 is 23.8 Å². The van der Waals surface area contributed by atoms with E-state index in [4.69, 9.17) is 14.2 Å². The average Bonchev–Trinajstić information content (AvgIpc) is 2.64. The zero-order valence-electron chi connectivity index (χ0n) is 16.9. The second-order valence-corrected chi connectivity index (χ2v) is 6.59. The summed E-state index contributed by atoms with van der Waals surface area (Å²) in [6.07, 6.45) is 14.6. The molecule has 154 valence electrons. The van der Waals surface area contributed by atoms with Gasteiger partial charge in [-0.3, -0.25) is 4.79 Å². The van der Waals surface area contributed by atoms with Crippen molar-refractivity contribution in [2.45, 2.75) is 84.0 Å². The van der Waals surface area contributed by atoms with E-state index in [9.17, 15) is 9.59 Å². The predicted molar refractivity (Wildman–Crippen MR) is 103 cm³/mol. The van der Waals surface area contributed by atoms with Crippen LogP contribution in [0.25, 0.3) is 0 Å². The Labute approximate surface area is 159 Å². The number of ether oxygens (including phenoxy) is 3. The zero-order valence-corrected chi connectivity index (χ0v) is 16.9. The molecule has 1 amide bonds. The fourth-order valence-corrected chi connectivity index (χ4v) is 2.59. The summed E-state index contributed by atoms with van der Waals surface area (Å²) < 4.78 is 14.6. The van der Waals surface area contributed by atoms with Gasteiger partial charge in [-0.2, -0.15) is 0 Å². The van der Waals surface area contributed by atoms with Gasteiger partial charge >= 0.3 is 12.1 Å². The molecule has 1 N–H and O–H groups in total. The van der Waals surface area contributed by atoms with Crippen LogP contribution in [0.1, 0.15) is 84.0 Å². The Morgan fingerprint density at radius 2 is 1.23 bits per heavy atom. The predicted octanol–water partition coefficient (Wildman–Crippen LogP) is 4.60. The van der Waals surface area contributed by atoms with E-state index in [1.54, 1.807) is 0 Å². The molecule has 0 saturated heterocycles. The molecule has 0 aliphatic heterocycles. The van der Waals surface area contributed by atoms with E-state index in [1.165, 1.54) is 71.3 Å².